The molecule has 0 aromatic rings. The molecule has 2 amide bonds. The first-order chi connectivity index (χ1) is 6.31. The first-order valence-corrected chi connectivity index (χ1v) is 4.57. The van der Waals surface area contributed by atoms with E-state index < -0.39 is 0 Å². The molecule has 76 valence electrons. The number of aliphatic hydroxyl groups is 1. The van der Waals surface area contributed by atoms with Gasteiger partial charge in [-0.2, -0.15) is 0 Å². The Hall–Kier alpha value is -1.03. The molecule has 3 N–H and O–H groups in total. The van der Waals surface area contributed by atoms with E-state index in [1.165, 1.54) is 0 Å². The topological polar surface area (TPSA) is 61.4 Å². The van der Waals surface area contributed by atoms with Crippen molar-refractivity contribution in [2.24, 2.45) is 0 Å². The van der Waals surface area contributed by atoms with Gasteiger partial charge in [-0.3, -0.25) is 0 Å². The van der Waals surface area contributed by atoms with Gasteiger partial charge in [-0.1, -0.05) is 6.08 Å². The van der Waals surface area contributed by atoms with Gasteiger partial charge in [0.15, 0.2) is 0 Å². The summed E-state index contributed by atoms with van der Waals surface area (Å²) in [7, 11) is 0. The molecule has 0 bridgehead atoms. The summed E-state index contributed by atoms with van der Waals surface area (Å²) in [6, 6.07) is -0.179. The van der Waals surface area contributed by atoms with E-state index >= 15 is 0 Å². The fraction of sp³-hybridized carbons (Fsp3) is 0.667. The number of rotatable bonds is 6. The first-order valence-electron chi connectivity index (χ1n) is 4.57. The third-order valence-corrected chi connectivity index (χ3v) is 1.50. The predicted molar refractivity (Wildman–Crippen MR) is 52.3 cm³/mol. The number of amides is 2. The fourth-order valence-electron chi connectivity index (χ4n) is 0.826. The summed E-state index contributed by atoms with van der Waals surface area (Å²) in [5.41, 5.74) is 0. The molecular formula is C9H18N2O2. The van der Waals surface area contributed by atoms with Crippen molar-refractivity contribution in [3.63, 3.8) is 0 Å². The monoisotopic (exact) mass is 186 g/mol. The van der Waals surface area contributed by atoms with Crippen LogP contribution in [0.15, 0.2) is 12.3 Å². The number of carbonyl (C=O) groups is 1. The highest BCUT2D eigenvalue weighted by atomic mass is 16.2. The lowest BCUT2D eigenvalue weighted by molar-refractivity contribution is 0.243. The Morgan fingerprint density at radius 1 is 1.38 bits per heavy atom. The number of urea groups is 1. The molecule has 4 nitrogen and oxygen atoms in total. The van der Waals surface area contributed by atoms with Crippen LogP contribution in [-0.2, 0) is 0 Å². The molecular weight excluding hydrogens is 168 g/mol. The van der Waals surface area contributed by atoms with Crippen molar-refractivity contribution in [2.45, 2.75) is 26.2 Å². The Kier molecular flexibility index (Phi) is 8.34. The maximum absolute atomic E-state index is 10.9. The molecule has 0 aliphatic rings. The Bertz CT molecular complexity index is 158. The molecule has 4 heteroatoms. The van der Waals surface area contributed by atoms with Crippen LogP contribution in [0.4, 0.5) is 4.79 Å². The zero-order valence-corrected chi connectivity index (χ0v) is 8.05. The zero-order valence-electron chi connectivity index (χ0n) is 8.05. The molecule has 0 heterocycles. The van der Waals surface area contributed by atoms with Crippen molar-refractivity contribution < 1.29 is 9.90 Å². The predicted octanol–water partition coefficient (Wildman–Crippen LogP) is 0.982. The van der Waals surface area contributed by atoms with Crippen LogP contribution in [0, 0.1) is 0 Å². The molecule has 0 aromatic heterocycles. The normalized spacial score (nSPS) is 10.3. The Labute approximate surface area is 79.0 Å². The van der Waals surface area contributed by atoms with E-state index in [1.54, 1.807) is 12.3 Å². The fourth-order valence-corrected chi connectivity index (χ4v) is 0.826. The minimum Gasteiger partial charge on any atom is -0.396 e. The van der Waals surface area contributed by atoms with E-state index in [0.29, 0.717) is 6.54 Å². The number of nitrogens with one attached hydrogen (secondary N) is 2. The van der Waals surface area contributed by atoms with Crippen LogP contribution in [0.2, 0.25) is 0 Å². The quantitative estimate of drug-likeness (QED) is 0.541. The van der Waals surface area contributed by atoms with Crippen molar-refractivity contribution in [2.75, 3.05) is 13.2 Å². The summed E-state index contributed by atoms with van der Waals surface area (Å²) < 4.78 is 0. The molecule has 0 aliphatic heterocycles. The minimum atomic E-state index is -0.179. The van der Waals surface area contributed by atoms with Gasteiger partial charge >= 0.3 is 6.03 Å². The van der Waals surface area contributed by atoms with E-state index in [4.69, 9.17) is 5.11 Å². The van der Waals surface area contributed by atoms with Gasteiger partial charge in [0.2, 0.25) is 0 Å². The minimum absolute atomic E-state index is 0.179. The third-order valence-electron chi connectivity index (χ3n) is 1.50. The Morgan fingerprint density at radius 2 is 2.15 bits per heavy atom. The summed E-state index contributed by atoms with van der Waals surface area (Å²) in [6.07, 6.45) is 6.00. The van der Waals surface area contributed by atoms with E-state index in [0.717, 1.165) is 19.3 Å². The van der Waals surface area contributed by atoms with E-state index in [2.05, 4.69) is 10.6 Å². The summed E-state index contributed by atoms with van der Waals surface area (Å²) in [6.45, 7) is 2.72. The second kappa shape index (κ2) is 9.06. The van der Waals surface area contributed by atoms with Gasteiger partial charge in [0, 0.05) is 19.4 Å². The molecule has 0 radical (unpaired) electrons. The van der Waals surface area contributed by atoms with Crippen LogP contribution in [0.25, 0.3) is 0 Å². The summed E-state index contributed by atoms with van der Waals surface area (Å²) >= 11 is 0. The lowest BCUT2D eigenvalue weighted by atomic mass is 10.2. The average Bonchev–Trinajstić information content (AvgIpc) is 2.14. The van der Waals surface area contributed by atoms with Gasteiger partial charge in [-0.15, -0.1) is 0 Å². The maximum Gasteiger partial charge on any atom is 0.318 e. The number of unbranched alkanes of at least 4 members (excludes halogenated alkanes) is 2. The van der Waals surface area contributed by atoms with Crippen LogP contribution in [0.5, 0.6) is 0 Å². The zero-order chi connectivity index (χ0) is 9.94. The van der Waals surface area contributed by atoms with Gasteiger partial charge in [-0.05, 0) is 26.2 Å². The summed E-state index contributed by atoms with van der Waals surface area (Å²) in [5, 5.41) is 13.7. The Morgan fingerprint density at radius 3 is 2.77 bits per heavy atom. The molecule has 0 atom stereocenters. The van der Waals surface area contributed by atoms with Crippen LogP contribution in [-0.4, -0.2) is 24.3 Å². The van der Waals surface area contributed by atoms with Crippen LogP contribution in [0.1, 0.15) is 26.2 Å². The van der Waals surface area contributed by atoms with E-state index in [9.17, 15) is 4.79 Å². The summed E-state index contributed by atoms with van der Waals surface area (Å²) in [4.78, 5) is 10.9. The van der Waals surface area contributed by atoms with Crippen LogP contribution < -0.4 is 10.6 Å². The largest absolute Gasteiger partial charge is 0.396 e. The smallest absolute Gasteiger partial charge is 0.318 e. The third kappa shape index (κ3) is 8.88. The van der Waals surface area contributed by atoms with Crippen LogP contribution >= 0.6 is 0 Å². The Balaban J connectivity index is 3.17. The highest BCUT2D eigenvalue weighted by Crippen LogP contribution is 1.91. The average molecular weight is 186 g/mol. The van der Waals surface area contributed by atoms with Gasteiger partial charge in [-0.25, -0.2) is 4.79 Å². The molecule has 13 heavy (non-hydrogen) atoms. The molecule has 0 saturated heterocycles. The number of hydrogen-bond donors (Lipinski definition) is 3. The molecule has 0 unspecified atom stereocenters. The molecule has 0 aliphatic carbocycles. The van der Waals surface area contributed by atoms with Crippen LogP contribution in [0.3, 0.4) is 0 Å². The molecule has 0 aromatic carbocycles. The number of carbonyl (C=O) groups excluding carboxylic acids is 1. The summed E-state index contributed by atoms with van der Waals surface area (Å²) in [5.74, 6) is 0. The number of aliphatic hydroxyl groups excluding tert-OH is 1. The van der Waals surface area contributed by atoms with Gasteiger partial charge < -0.3 is 15.7 Å². The lowest BCUT2D eigenvalue weighted by Gasteiger charge is -2.03. The second-order valence-corrected chi connectivity index (χ2v) is 2.68. The SMILES string of the molecule is C/C=C/NC(=O)NCCCCCO. The van der Waals surface area contributed by atoms with Crippen molar-refractivity contribution in [3.8, 4) is 0 Å². The molecule has 0 saturated carbocycles. The molecule has 0 spiro atoms. The standard InChI is InChI=1S/C9H18N2O2/c1-2-6-10-9(13)11-7-4-3-5-8-12/h2,6,12H,3-5,7-8H2,1H3,(H2,10,11,13)/b6-2+. The second-order valence-electron chi connectivity index (χ2n) is 2.68. The van der Waals surface area contributed by atoms with Crippen molar-refractivity contribution in [1.29, 1.82) is 0 Å². The number of hydrogen-bond acceptors (Lipinski definition) is 2. The number of allylic oxidation sites excluding steroid dienone is 1. The molecule has 0 rings (SSSR count). The maximum atomic E-state index is 10.9. The van der Waals surface area contributed by atoms with E-state index in [1.807, 2.05) is 6.92 Å². The van der Waals surface area contributed by atoms with Gasteiger partial charge in [0.1, 0.15) is 0 Å². The van der Waals surface area contributed by atoms with Crippen molar-refractivity contribution in [3.05, 3.63) is 12.3 Å². The highest BCUT2D eigenvalue weighted by Gasteiger charge is 1.94. The van der Waals surface area contributed by atoms with Crippen molar-refractivity contribution in [1.82, 2.24) is 10.6 Å². The van der Waals surface area contributed by atoms with E-state index in [-0.39, 0.29) is 12.6 Å². The lowest BCUT2D eigenvalue weighted by Crippen LogP contribution is -2.32. The molecule has 0 fully saturated rings. The first kappa shape index (κ1) is 12.0. The van der Waals surface area contributed by atoms with Gasteiger partial charge in [0.05, 0.1) is 0 Å². The van der Waals surface area contributed by atoms with Crippen molar-refractivity contribution >= 4 is 6.03 Å². The van der Waals surface area contributed by atoms with Gasteiger partial charge in [0.25, 0.3) is 0 Å². The highest BCUT2D eigenvalue weighted by molar-refractivity contribution is 5.74.